The van der Waals surface area contributed by atoms with E-state index >= 15 is 0 Å². The van der Waals surface area contributed by atoms with Gasteiger partial charge in [-0.2, -0.15) is 0 Å². The van der Waals surface area contributed by atoms with Crippen LogP contribution in [0.25, 0.3) is 0 Å². The monoisotopic (exact) mass is 241 g/mol. The third kappa shape index (κ3) is 2.46. The summed E-state index contributed by atoms with van der Waals surface area (Å²) in [5.74, 6) is 0. The van der Waals surface area contributed by atoms with Crippen molar-refractivity contribution >= 4 is 17.1 Å². The van der Waals surface area contributed by atoms with E-state index in [-0.39, 0.29) is 6.17 Å². The molecular weight excluding hydrogens is 222 g/mol. The van der Waals surface area contributed by atoms with Crippen molar-refractivity contribution in [3.8, 4) is 0 Å². The van der Waals surface area contributed by atoms with Crippen LogP contribution in [-0.4, -0.2) is 6.17 Å². The molecule has 0 saturated heterocycles. The Morgan fingerprint density at radius 1 is 1.00 bits per heavy atom. The first-order valence-electron chi connectivity index (χ1n) is 6.18. The standard InChI is InChI=1S/C15H19N3/c1-2-15(17)18(12-8-4-3-5-9-12)14-11-7-6-10-13(14)16/h3-11,15H,2,16-17H2,1H3. The van der Waals surface area contributed by atoms with Gasteiger partial charge in [-0.3, -0.25) is 0 Å². The highest BCUT2D eigenvalue weighted by Gasteiger charge is 2.17. The molecule has 0 bridgehead atoms. The second kappa shape index (κ2) is 5.56. The van der Waals surface area contributed by atoms with Gasteiger partial charge < -0.3 is 16.4 Å². The zero-order valence-corrected chi connectivity index (χ0v) is 10.6. The minimum absolute atomic E-state index is 0.0860. The summed E-state index contributed by atoms with van der Waals surface area (Å²) in [6.07, 6.45) is 0.764. The second-order valence-corrected chi connectivity index (χ2v) is 4.24. The average molecular weight is 241 g/mol. The van der Waals surface area contributed by atoms with E-state index in [1.54, 1.807) is 0 Å². The molecule has 0 radical (unpaired) electrons. The van der Waals surface area contributed by atoms with Crippen molar-refractivity contribution in [1.29, 1.82) is 0 Å². The van der Waals surface area contributed by atoms with E-state index in [0.29, 0.717) is 0 Å². The van der Waals surface area contributed by atoms with Gasteiger partial charge in [0.15, 0.2) is 0 Å². The quantitative estimate of drug-likeness (QED) is 0.639. The third-order valence-corrected chi connectivity index (χ3v) is 2.98. The Morgan fingerprint density at radius 2 is 1.61 bits per heavy atom. The van der Waals surface area contributed by atoms with Crippen LogP contribution in [0.15, 0.2) is 54.6 Å². The Bertz CT molecular complexity index is 496. The van der Waals surface area contributed by atoms with Crippen LogP contribution in [0.2, 0.25) is 0 Å². The first-order chi connectivity index (χ1) is 8.74. The Kier molecular flexibility index (Phi) is 3.85. The van der Waals surface area contributed by atoms with Crippen LogP contribution in [0, 0.1) is 0 Å². The zero-order chi connectivity index (χ0) is 13.0. The first kappa shape index (κ1) is 12.5. The summed E-state index contributed by atoms with van der Waals surface area (Å²) in [6, 6.07) is 17.9. The summed E-state index contributed by atoms with van der Waals surface area (Å²) < 4.78 is 0. The maximum absolute atomic E-state index is 6.22. The summed E-state index contributed by atoms with van der Waals surface area (Å²) in [4.78, 5) is 2.08. The lowest BCUT2D eigenvalue weighted by Crippen LogP contribution is -2.38. The fourth-order valence-corrected chi connectivity index (χ4v) is 1.99. The molecule has 0 aromatic heterocycles. The molecule has 2 aromatic rings. The SMILES string of the molecule is CCC(N)N(c1ccccc1)c1ccccc1N. The van der Waals surface area contributed by atoms with Crippen LogP contribution in [0.5, 0.6) is 0 Å². The molecule has 4 N–H and O–H groups in total. The van der Waals surface area contributed by atoms with Gasteiger partial charge in [0.1, 0.15) is 0 Å². The number of nitrogens with zero attached hydrogens (tertiary/aromatic N) is 1. The van der Waals surface area contributed by atoms with Crippen LogP contribution in [0.1, 0.15) is 13.3 Å². The van der Waals surface area contributed by atoms with E-state index < -0.39 is 0 Å². The number of rotatable bonds is 4. The molecule has 0 heterocycles. The van der Waals surface area contributed by atoms with Gasteiger partial charge >= 0.3 is 0 Å². The number of para-hydroxylation sites is 3. The van der Waals surface area contributed by atoms with Gasteiger partial charge in [-0.15, -0.1) is 0 Å². The molecular formula is C15H19N3. The Morgan fingerprint density at radius 3 is 2.22 bits per heavy atom. The number of nitrogens with two attached hydrogens (primary N) is 2. The minimum Gasteiger partial charge on any atom is -0.397 e. The molecule has 18 heavy (non-hydrogen) atoms. The predicted octanol–water partition coefficient (Wildman–Crippen LogP) is 3.10. The topological polar surface area (TPSA) is 55.3 Å². The van der Waals surface area contributed by atoms with Crippen molar-refractivity contribution < 1.29 is 0 Å². The molecule has 1 unspecified atom stereocenters. The van der Waals surface area contributed by atoms with Crippen LogP contribution >= 0.6 is 0 Å². The van der Waals surface area contributed by atoms with Gasteiger partial charge in [-0.1, -0.05) is 37.3 Å². The normalized spacial score (nSPS) is 12.1. The van der Waals surface area contributed by atoms with Gasteiger partial charge in [-0.05, 0) is 30.7 Å². The van der Waals surface area contributed by atoms with E-state index in [1.165, 1.54) is 0 Å². The molecule has 94 valence electrons. The van der Waals surface area contributed by atoms with E-state index in [0.717, 1.165) is 23.5 Å². The summed E-state index contributed by atoms with van der Waals surface area (Å²) >= 11 is 0. The highest BCUT2D eigenvalue weighted by molar-refractivity contribution is 5.75. The average Bonchev–Trinajstić information content (AvgIpc) is 2.42. The molecule has 0 fully saturated rings. The van der Waals surface area contributed by atoms with Crippen molar-refractivity contribution in [1.82, 2.24) is 0 Å². The van der Waals surface area contributed by atoms with Gasteiger partial charge in [0.25, 0.3) is 0 Å². The maximum Gasteiger partial charge on any atom is 0.0818 e. The Hall–Kier alpha value is -2.00. The largest absolute Gasteiger partial charge is 0.397 e. The lowest BCUT2D eigenvalue weighted by atomic mass is 10.2. The summed E-state index contributed by atoms with van der Waals surface area (Å²) in [7, 11) is 0. The fourth-order valence-electron chi connectivity index (χ4n) is 1.99. The van der Waals surface area contributed by atoms with Crippen molar-refractivity contribution in [3.05, 3.63) is 54.6 Å². The van der Waals surface area contributed by atoms with Gasteiger partial charge in [-0.25, -0.2) is 0 Å². The minimum atomic E-state index is -0.0860. The van der Waals surface area contributed by atoms with Crippen molar-refractivity contribution in [3.63, 3.8) is 0 Å². The zero-order valence-electron chi connectivity index (χ0n) is 10.6. The Labute approximate surface area is 108 Å². The molecule has 0 spiro atoms. The number of anilines is 3. The molecule has 0 saturated carbocycles. The molecule has 3 nitrogen and oxygen atoms in total. The van der Waals surface area contributed by atoms with Crippen LogP contribution in [-0.2, 0) is 0 Å². The molecule has 2 rings (SSSR count). The predicted molar refractivity (Wildman–Crippen MR) is 77.7 cm³/mol. The van der Waals surface area contributed by atoms with Gasteiger partial charge in [0.2, 0.25) is 0 Å². The van der Waals surface area contributed by atoms with Crippen molar-refractivity contribution in [2.24, 2.45) is 5.73 Å². The molecule has 0 aliphatic carbocycles. The highest BCUT2D eigenvalue weighted by Crippen LogP contribution is 2.31. The fraction of sp³-hybridized carbons (Fsp3) is 0.200. The van der Waals surface area contributed by atoms with Gasteiger partial charge in [0, 0.05) is 5.69 Å². The molecule has 3 heteroatoms. The number of hydrogen-bond donors (Lipinski definition) is 2. The highest BCUT2D eigenvalue weighted by atomic mass is 15.2. The summed E-state index contributed by atoms with van der Waals surface area (Å²) in [5.41, 5.74) is 15.0. The number of benzene rings is 2. The summed E-state index contributed by atoms with van der Waals surface area (Å²) in [5, 5.41) is 0. The van der Waals surface area contributed by atoms with E-state index in [2.05, 4.69) is 11.8 Å². The van der Waals surface area contributed by atoms with E-state index in [9.17, 15) is 0 Å². The van der Waals surface area contributed by atoms with Crippen molar-refractivity contribution in [2.75, 3.05) is 10.6 Å². The lowest BCUT2D eigenvalue weighted by Gasteiger charge is -2.31. The van der Waals surface area contributed by atoms with E-state index in [1.807, 2.05) is 54.6 Å². The maximum atomic E-state index is 6.22. The molecule has 1 atom stereocenters. The second-order valence-electron chi connectivity index (χ2n) is 4.24. The van der Waals surface area contributed by atoms with E-state index in [4.69, 9.17) is 11.5 Å². The molecule has 0 amide bonds. The third-order valence-electron chi connectivity index (χ3n) is 2.98. The van der Waals surface area contributed by atoms with Crippen LogP contribution in [0.4, 0.5) is 17.1 Å². The van der Waals surface area contributed by atoms with Crippen LogP contribution in [0.3, 0.4) is 0 Å². The molecule has 2 aromatic carbocycles. The Balaban J connectivity index is 2.47. The smallest absolute Gasteiger partial charge is 0.0818 e. The van der Waals surface area contributed by atoms with Gasteiger partial charge in [0.05, 0.1) is 17.5 Å². The number of nitrogen functional groups attached to an aromatic ring is 1. The molecule has 0 aliphatic rings. The van der Waals surface area contributed by atoms with Crippen LogP contribution < -0.4 is 16.4 Å². The molecule has 0 aliphatic heterocycles. The first-order valence-corrected chi connectivity index (χ1v) is 6.18. The summed E-state index contributed by atoms with van der Waals surface area (Å²) in [6.45, 7) is 2.07. The van der Waals surface area contributed by atoms with Crippen molar-refractivity contribution in [2.45, 2.75) is 19.5 Å². The lowest BCUT2D eigenvalue weighted by molar-refractivity contribution is 0.659. The number of hydrogen-bond acceptors (Lipinski definition) is 3.